The SMILES string of the molecule is CNC(=O)C[C@H](N)Cc1ccccc1. The number of benzene rings is 1. The molecule has 14 heavy (non-hydrogen) atoms. The van der Waals surface area contributed by atoms with Crippen LogP contribution in [0, 0.1) is 0 Å². The molecule has 1 amide bonds. The molecule has 0 aliphatic carbocycles. The fraction of sp³-hybridized carbons (Fsp3) is 0.364. The van der Waals surface area contributed by atoms with Crippen LogP contribution in [0.4, 0.5) is 0 Å². The van der Waals surface area contributed by atoms with Crippen LogP contribution in [0.1, 0.15) is 12.0 Å². The van der Waals surface area contributed by atoms with E-state index in [-0.39, 0.29) is 11.9 Å². The summed E-state index contributed by atoms with van der Waals surface area (Å²) >= 11 is 0. The van der Waals surface area contributed by atoms with Gasteiger partial charge in [-0.2, -0.15) is 0 Å². The van der Waals surface area contributed by atoms with Gasteiger partial charge >= 0.3 is 0 Å². The number of hydrogen-bond acceptors (Lipinski definition) is 2. The molecule has 0 heterocycles. The highest BCUT2D eigenvalue weighted by atomic mass is 16.1. The first-order valence-electron chi connectivity index (χ1n) is 4.72. The van der Waals surface area contributed by atoms with Crippen LogP contribution in [0.3, 0.4) is 0 Å². The van der Waals surface area contributed by atoms with Crippen molar-refractivity contribution in [1.29, 1.82) is 0 Å². The molecule has 3 nitrogen and oxygen atoms in total. The maximum absolute atomic E-state index is 11.0. The van der Waals surface area contributed by atoms with E-state index < -0.39 is 0 Å². The van der Waals surface area contributed by atoms with Gasteiger partial charge < -0.3 is 11.1 Å². The van der Waals surface area contributed by atoms with Gasteiger partial charge in [0.05, 0.1) is 0 Å². The molecule has 0 radical (unpaired) electrons. The Morgan fingerprint density at radius 2 is 2.07 bits per heavy atom. The quantitative estimate of drug-likeness (QED) is 0.737. The Kier molecular flexibility index (Phi) is 4.13. The van der Waals surface area contributed by atoms with Crippen LogP contribution in [0.25, 0.3) is 0 Å². The predicted octanol–water partition coefficient (Wildman–Crippen LogP) is 0.693. The Labute approximate surface area is 84.3 Å². The maximum atomic E-state index is 11.0. The van der Waals surface area contributed by atoms with E-state index in [9.17, 15) is 4.79 Å². The Hall–Kier alpha value is -1.35. The highest BCUT2D eigenvalue weighted by Crippen LogP contribution is 2.03. The highest BCUT2D eigenvalue weighted by Gasteiger charge is 2.08. The molecule has 0 spiro atoms. The van der Waals surface area contributed by atoms with Gasteiger partial charge in [0.25, 0.3) is 0 Å². The fourth-order valence-corrected chi connectivity index (χ4v) is 1.33. The van der Waals surface area contributed by atoms with Crippen molar-refractivity contribution in [3.05, 3.63) is 35.9 Å². The van der Waals surface area contributed by atoms with Gasteiger partial charge in [0.2, 0.25) is 5.91 Å². The smallest absolute Gasteiger partial charge is 0.221 e. The number of nitrogens with two attached hydrogens (primary N) is 1. The molecule has 0 saturated carbocycles. The normalized spacial score (nSPS) is 12.1. The highest BCUT2D eigenvalue weighted by molar-refractivity contribution is 5.76. The van der Waals surface area contributed by atoms with Crippen molar-refractivity contribution in [2.45, 2.75) is 18.9 Å². The molecular weight excluding hydrogens is 176 g/mol. The summed E-state index contributed by atoms with van der Waals surface area (Å²) in [6.07, 6.45) is 1.12. The fourth-order valence-electron chi connectivity index (χ4n) is 1.33. The van der Waals surface area contributed by atoms with E-state index in [4.69, 9.17) is 5.73 Å². The monoisotopic (exact) mass is 192 g/mol. The Bertz CT molecular complexity index is 285. The third-order valence-corrected chi connectivity index (χ3v) is 2.07. The summed E-state index contributed by atoms with van der Waals surface area (Å²) in [6, 6.07) is 9.85. The second kappa shape index (κ2) is 5.40. The molecule has 1 aromatic carbocycles. The molecule has 1 rings (SSSR count). The summed E-state index contributed by atoms with van der Waals surface area (Å²) < 4.78 is 0. The number of hydrogen-bond donors (Lipinski definition) is 2. The largest absolute Gasteiger partial charge is 0.359 e. The molecule has 0 bridgehead atoms. The lowest BCUT2D eigenvalue weighted by atomic mass is 10.0. The molecular formula is C11H16N2O. The van der Waals surface area contributed by atoms with E-state index in [1.165, 1.54) is 5.56 Å². The zero-order valence-electron chi connectivity index (χ0n) is 8.36. The van der Waals surface area contributed by atoms with Crippen LogP contribution in [0.2, 0.25) is 0 Å². The van der Waals surface area contributed by atoms with E-state index in [1.54, 1.807) is 7.05 Å². The molecule has 0 aromatic heterocycles. The third kappa shape index (κ3) is 3.58. The summed E-state index contributed by atoms with van der Waals surface area (Å²) in [5.74, 6) is -0.00608. The maximum Gasteiger partial charge on any atom is 0.221 e. The van der Waals surface area contributed by atoms with Crippen molar-refractivity contribution in [2.75, 3.05) is 7.05 Å². The van der Waals surface area contributed by atoms with Crippen molar-refractivity contribution < 1.29 is 4.79 Å². The first-order chi connectivity index (χ1) is 6.72. The van der Waals surface area contributed by atoms with Gasteiger partial charge in [-0.15, -0.1) is 0 Å². The van der Waals surface area contributed by atoms with Crippen LogP contribution in [0.5, 0.6) is 0 Å². The predicted molar refractivity (Wildman–Crippen MR) is 56.8 cm³/mol. The minimum absolute atomic E-state index is 0.00608. The summed E-state index contributed by atoms with van der Waals surface area (Å²) in [5.41, 5.74) is 6.99. The van der Waals surface area contributed by atoms with Gasteiger partial charge in [-0.3, -0.25) is 4.79 Å². The van der Waals surface area contributed by atoms with E-state index in [0.29, 0.717) is 6.42 Å². The summed E-state index contributed by atoms with van der Waals surface area (Å²) in [5, 5.41) is 2.56. The molecule has 0 saturated heterocycles. The number of amides is 1. The summed E-state index contributed by atoms with van der Waals surface area (Å²) in [4.78, 5) is 11.0. The number of nitrogens with one attached hydrogen (secondary N) is 1. The zero-order chi connectivity index (χ0) is 10.4. The van der Waals surface area contributed by atoms with Gasteiger partial charge in [-0.05, 0) is 12.0 Å². The van der Waals surface area contributed by atoms with Gasteiger partial charge in [-0.25, -0.2) is 0 Å². The van der Waals surface area contributed by atoms with Crippen LogP contribution >= 0.6 is 0 Å². The molecule has 0 aliphatic heterocycles. The van der Waals surface area contributed by atoms with Crippen LogP contribution in [0.15, 0.2) is 30.3 Å². The molecule has 1 aromatic rings. The second-order valence-electron chi connectivity index (χ2n) is 3.33. The molecule has 0 unspecified atom stereocenters. The average molecular weight is 192 g/mol. The van der Waals surface area contributed by atoms with E-state index in [1.807, 2.05) is 30.3 Å². The topological polar surface area (TPSA) is 55.1 Å². The lowest BCUT2D eigenvalue weighted by Crippen LogP contribution is -2.31. The van der Waals surface area contributed by atoms with Gasteiger partial charge in [0.15, 0.2) is 0 Å². The second-order valence-corrected chi connectivity index (χ2v) is 3.33. The van der Waals surface area contributed by atoms with Crippen LogP contribution in [-0.2, 0) is 11.2 Å². The Balaban J connectivity index is 2.41. The van der Waals surface area contributed by atoms with E-state index in [2.05, 4.69) is 5.32 Å². The van der Waals surface area contributed by atoms with Crippen molar-refractivity contribution in [3.63, 3.8) is 0 Å². The third-order valence-electron chi connectivity index (χ3n) is 2.07. The first kappa shape index (κ1) is 10.7. The lowest BCUT2D eigenvalue weighted by molar-refractivity contribution is -0.120. The lowest BCUT2D eigenvalue weighted by Gasteiger charge is -2.10. The van der Waals surface area contributed by atoms with Gasteiger partial charge in [0.1, 0.15) is 0 Å². The number of carbonyl (C=O) groups is 1. The van der Waals surface area contributed by atoms with Crippen molar-refractivity contribution in [2.24, 2.45) is 5.73 Å². The number of carbonyl (C=O) groups excluding carboxylic acids is 1. The van der Waals surface area contributed by atoms with E-state index >= 15 is 0 Å². The molecule has 3 N–H and O–H groups in total. The molecule has 0 aliphatic rings. The molecule has 3 heteroatoms. The Morgan fingerprint density at radius 3 is 2.64 bits per heavy atom. The first-order valence-corrected chi connectivity index (χ1v) is 4.72. The van der Waals surface area contributed by atoms with Gasteiger partial charge in [0, 0.05) is 19.5 Å². The van der Waals surface area contributed by atoms with Gasteiger partial charge in [-0.1, -0.05) is 30.3 Å². The molecule has 76 valence electrons. The average Bonchev–Trinajstić information content (AvgIpc) is 2.19. The molecule has 0 fully saturated rings. The van der Waals surface area contributed by atoms with Crippen LogP contribution in [-0.4, -0.2) is 19.0 Å². The standard InChI is InChI=1S/C11H16N2O/c1-13-11(14)8-10(12)7-9-5-3-2-4-6-9/h2-6,10H,7-8,12H2,1H3,(H,13,14)/t10-/m1/s1. The van der Waals surface area contributed by atoms with Crippen molar-refractivity contribution >= 4 is 5.91 Å². The van der Waals surface area contributed by atoms with E-state index in [0.717, 1.165) is 6.42 Å². The zero-order valence-corrected chi connectivity index (χ0v) is 8.36. The van der Waals surface area contributed by atoms with Crippen molar-refractivity contribution in [1.82, 2.24) is 5.32 Å². The van der Waals surface area contributed by atoms with Crippen molar-refractivity contribution in [3.8, 4) is 0 Å². The van der Waals surface area contributed by atoms with Crippen LogP contribution < -0.4 is 11.1 Å². The Morgan fingerprint density at radius 1 is 1.43 bits per heavy atom. The minimum atomic E-state index is -0.0997. The summed E-state index contributed by atoms with van der Waals surface area (Å²) in [7, 11) is 1.62. The number of rotatable bonds is 4. The molecule has 1 atom stereocenters. The minimum Gasteiger partial charge on any atom is -0.359 e. The summed E-state index contributed by atoms with van der Waals surface area (Å²) in [6.45, 7) is 0.